The van der Waals surface area contributed by atoms with Gasteiger partial charge in [0, 0.05) is 24.5 Å². The van der Waals surface area contributed by atoms with Crippen molar-refractivity contribution in [1.82, 2.24) is 0 Å². The van der Waals surface area contributed by atoms with Gasteiger partial charge in [0.15, 0.2) is 0 Å². The topological polar surface area (TPSA) is 62.8 Å². The summed E-state index contributed by atoms with van der Waals surface area (Å²) in [6, 6.07) is 13.4. The number of amides is 1. The van der Waals surface area contributed by atoms with Crippen LogP contribution < -0.4 is 20.3 Å². The van der Waals surface area contributed by atoms with Crippen molar-refractivity contribution in [2.45, 2.75) is 19.9 Å². The number of carbonyl (C=O) groups is 1. The molecule has 0 saturated carbocycles. The van der Waals surface area contributed by atoms with Crippen LogP contribution in [0.2, 0.25) is 0 Å². The lowest BCUT2D eigenvalue weighted by Gasteiger charge is -2.29. The van der Waals surface area contributed by atoms with Gasteiger partial charge in [-0.05, 0) is 55.8 Å². The van der Waals surface area contributed by atoms with E-state index >= 15 is 0 Å². The van der Waals surface area contributed by atoms with Gasteiger partial charge >= 0.3 is 0 Å². The standard InChI is InChI=1S/C21H27N3O3/c1-15-4-9-20(26-3)19(14-15)22-16(2)21(25)23-17-5-7-18(8-6-17)24-10-12-27-13-11-24/h4-9,14,16,22H,10-13H2,1-3H3,(H,23,25)/t16-/m0/s1. The first-order valence-electron chi connectivity index (χ1n) is 9.21. The molecule has 6 nitrogen and oxygen atoms in total. The molecule has 0 aromatic heterocycles. The highest BCUT2D eigenvalue weighted by atomic mass is 16.5. The fourth-order valence-electron chi connectivity index (χ4n) is 3.06. The number of ether oxygens (including phenoxy) is 2. The van der Waals surface area contributed by atoms with E-state index in [1.165, 1.54) is 0 Å². The minimum Gasteiger partial charge on any atom is -0.495 e. The summed E-state index contributed by atoms with van der Waals surface area (Å²) in [5.41, 5.74) is 3.83. The summed E-state index contributed by atoms with van der Waals surface area (Å²) in [6.45, 7) is 7.13. The van der Waals surface area contributed by atoms with E-state index in [2.05, 4.69) is 15.5 Å². The Bertz CT molecular complexity index is 771. The molecule has 2 N–H and O–H groups in total. The zero-order valence-electron chi connectivity index (χ0n) is 16.1. The van der Waals surface area contributed by atoms with Gasteiger partial charge in [0.2, 0.25) is 5.91 Å². The van der Waals surface area contributed by atoms with Gasteiger partial charge in [0.1, 0.15) is 11.8 Å². The number of carbonyl (C=O) groups excluding carboxylic acids is 1. The average Bonchev–Trinajstić information content (AvgIpc) is 2.69. The average molecular weight is 369 g/mol. The van der Waals surface area contributed by atoms with Gasteiger partial charge < -0.3 is 25.0 Å². The Morgan fingerprint density at radius 1 is 1.15 bits per heavy atom. The van der Waals surface area contributed by atoms with Crippen LogP contribution in [0, 0.1) is 6.92 Å². The van der Waals surface area contributed by atoms with E-state index in [1.54, 1.807) is 7.11 Å². The predicted molar refractivity (Wildman–Crippen MR) is 109 cm³/mol. The fraction of sp³-hybridized carbons (Fsp3) is 0.381. The Kier molecular flexibility index (Phi) is 6.19. The maximum Gasteiger partial charge on any atom is 0.246 e. The predicted octanol–water partition coefficient (Wildman–Crippen LogP) is 3.28. The third kappa shape index (κ3) is 4.92. The monoisotopic (exact) mass is 369 g/mol. The van der Waals surface area contributed by atoms with Gasteiger partial charge in [-0.1, -0.05) is 6.07 Å². The largest absolute Gasteiger partial charge is 0.495 e. The molecular weight excluding hydrogens is 342 g/mol. The molecule has 0 spiro atoms. The first-order valence-corrected chi connectivity index (χ1v) is 9.21. The summed E-state index contributed by atoms with van der Waals surface area (Å²) >= 11 is 0. The number of aryl methyl sites for hydroxylation is 1. The van der Waals surface area contributed by atoms with E-state index in [-0.39, 0.29) is 5.91 Å². The summed E-state index contributed by atoms with van der Waals surface area (Å²) in [5, 5.41) is 6.18. The number of rotatable bonds is 6. The summed E-state index contributed by atoms with van der Waals surface area (Å²) < 4.78 is 10.7. The van der Waals surface area contributed by atoms with E-state index in [4.69, 9.17) is 9.47 Å². The lowest BCUT2D eigenvalue weighted by molar-refractivity contribution is -0.116. The maximum atomic E-state index is 12.5. The van der Waals surface area contributed by atoms with Crippen molar-refractivity contribution in [1.29, 1.82) is 0 Å². The Balaban J connectivity index is 1.60. The number of hydrogen-bond acceptors (Lipinski definition) is 5. The number of methoxy groups -OCH3 is 1. The van der Waals surface area contributed by atoms with Crippen LogP contribution in [0.1, 0.15) is 12.5 Å². The molecule has 0 unspecified atom stereocenters. The highest BCUT2D eigenvalue weighted by molar-refractivity contribution is 5.96. The van der Waals surface area contributed by atoms with E-state index in [0.29, 0.717) is 0 Å². The molecule has 0 aliphatic carbocycles. The molecule has 1 atom stereocenters. The number of nitrogens with zero attached hydrogens (tertiary/aromatic N) is 1. The molecule has 2 aromatic carbocycles. The summed E-state index contributed by atoms with van der Waals surface area (Å²) in [4.78, 5) is 14.8. The second kappa shape index (κ2) is 8.77. The molecule has 1 saturated heterocycles. The van der Waals surface area contributed by atoms with E-state index in [1.807, 2.05) is 56.3 Å². The van der Waals surface area contributed by atoms with Crippen molar-refractivity contribution < 1.29 is 14.3 Å². The Morgan fingerprint density at radius 3 is 2.52 bits per heavy atom. The van der Waals surface area contributed by atoms with Crippen LogP contribution in [0.3, 0.4) is 0 Å². The van der Waals surface area contributed by atoms with Crippen molar-refractivity contribution >= 4 is 23.0 Å². The van der Waals surface area contributed by atoms with Crippen LogP contribution in [0.15, 0.2) is 42.5 Å². The van der Waals surface area contributed by atoms with Crippen LogP contribution in [-0.2, 0) is 9.53 Å². The molecule has 0 bridgehead atoms. The van der Waals surface area contributed by atoms with Crippen LogP contribution in [0.25, 0.3) is 0 Å². The number of benzene rings is 2. The van der Waals surface area contributed by atoms with Crippen LogP contribution in [0.4, 0.5) is 17.1 Å². The Hall–Kier alpha value is -2.73. The minimum atomic E-state index is -0.403. The molecule has 1 amide bonds. The first-order chi connectivity index (χ1) is 13.1. The molecule has 2 aromatic rings. The normalized spacial score (nSPS) is 15.1. The number of morpholine rings is 1. The zero-order chi connectivity index (χ0) is 19.2. The summed E-state index contributed by atoms with van der Waals surface area (Å²) in [5.74, 6) is 0.618. The molecule has 1 aliphatic heterocycles. The molecule has 0 radical (unpaired) electrons. The molecule has 1 fully saturated rings. The second-order valence-corrected chi connectivity index (χ2v) is 6.71. The number of nitrogens with one attached hydrogen (secondary N) is 2. The van der Waals surface area contributed by atoms with Crippen LogP contribution >= 0.6 is 0 Å². The molecular formula is C21H27N3O3. The molecule has 1 aliphatic rings. The van der Waals surface area contributed by atoms with Gasteiger partial charge in [-0.2, -0.15) is 0 Å². The third-order valence-corrected chi connectivity index (χ3v) is 4.63. The van der Waals surface area contributed by atoms with Gasteiger partial charge in [-0.3, -0.25) is 4.79 Å². The van der Waals surface area contributed by atoms with Crippen LogP contribution in [0.5, 0.6) is 5.75 Å². The number of anilines is 3. The highest BCUT2D eigenvalue weighted by Crippen LogP contribution is 2.26. The SMILES string of the molecule is COc1ccc(C)cc1N[C@@H](C)C(=O)Nc1ccc(N2CCOCC2)cc1. The minimum absolute atomic E-state index is 0.0994. The molecule has 6 heteroatoms. The zero-order valence-corrected chi connectivity index (χ0v) is 16.1. The lowest BCUT2D eigenvalue weighted by atomic mass is 10.2. The van der Waals surface area contributed by atoms with Crippen molar-refractivity contribution in [2.24, 2.45) is 0 Å². The van der Waals surface area contributed by atoms with Crippen LogP contribution in [-0.4, -0.2) is 45.4 Å². The molecule has 1 heterocycles. The fourth-order valence-corrected chi connectivity index (χ4v) is 3.06. The van der Waals surface area contributed by atoms with Crippen molar-refractivity contribution in [2.75, 3.05) is 48.9 Å². The molecule has 3 rings (SSSR count). The summed E-state index contributed by atoms with van der Waals surface area (Å²) in [6.07, 6.45) is 0. The third-order valence-electron chi connectivity index (χ3n) is 4.63. The number of hydrogen-bond donors (Lipinski definition) is 2. The molecule has 144 valence electrons. The van der Waals surface area contributed by atoms with E-state index in [0.717, 1.165) is 54.7 Å². The summed E-state index contributed by atoms with van der Waals surface area (Å²) in [7, 11) is 1.62. The highest BCUT2D eigenvalue weighted by Gasteiger charge is 2.16. The van der Waals surface area contributed by atoms with Crippen molar-refractivity contribution in [3.63, 3.8) is 0 Å². The lowest BCUT2D eigenvalue weighted by Crippen LogP contribution is -2.36. The Labute approximate surface area is 160 Å². The van der Waals surface area contributed by atoms with Gasteiger partial charge in [0.25, 0.3) is 0 Å². The maximum absolute atomic E-state index is 12.5. The van der Waals surface area contributed by atoms with Gasteiger partial charge in [-0.25, -0.2) is 0 Å². The second-order valence-electron chi connectivity index (χ2n) is 6.71. The van der Waals surface area contributed by atoms with Crippen molar-refractivity contribution in [3.05, 3.63) is 48.0 Å². The Morgan fingerprint density at radius 2 is 1.85 bits per heavy atom. The van der Waals surface area contributed by atoms with Gasteiger partial charge in [-0.15, -0.1) is 0 Å². The van der Waals surface area contributed by atoms with E-state index in [9.17, 15) is 4.79 Å². The smallest absolute Gasteiger partial charge is 0.246 e. The molecule has 27 heavy (non-hydrogen) atoms. The van der Waals surface area contributed by atoms with Crippen molar-refractivity contribution in [3.8, 4) is 5.75 Å². The van der Waals surface area contributed by atoms with Gasteiger partial charge in [0.05, 0.1) is 26.0 Å². The quantitative estimate of drug-likeness (QED) is 0.818. The first kappa shape index (κ1) is 19.0. The van der Waals surface area contributed by atoms with E-state index < -0.39 is 6.04 Å².